The Balaban J connectivity index is 1.83. The highest BCUT2D eigenvalue weighted by Gasteiger charge is 2.15. The molecule has 18 heavy (non-hydrogen) atoms. The maximum Gasteiger partial charge on any atom is 0.121 e. The van der Waals surface area contributed by atoms with Crippen molar-refractivity contribution in [1.29, 1.82) is 0 Å². The lowest BCUT2D eigenvalue weighted by Gasteiger charge is -2.22. The Morgan fingerprint density at radius 1 is 1.33 bits per heavy atom. The molecule has 0 aliphatic heterocycles. The summed E-state index contributed by atoms with van der Waals surface area (Å²) < 4.78 is 5.37. The summed E-state index contributed by atoms with van der Waals surface area (Å²) in [6.07, 6.45) is 0.976. The molecule has 2 rings (SSSR count). The second kappa shape index (κ2) is 5.50. The third kappa shape index (κ3) is 3.31. The molecule has 2 aromatic rings. The fourth-order valence-corrected chi connectivity index (χ4v) is 1.79. The Morgan fingerprint density at radius 3 is 2.83 bits per heavy atom. The number of methoxy groups -OCH3 is 1. The number of hydrogen-bond acceptors (Lipinski definition) is 3. The number of imidazole rings is 1. The largest absolute Gasteiger partial charge is 0.379 e. The van der Waals surface area contributed by atoms with Gasteiger partial charge >= 0.3 is 0 Å². The molecule has 1 heterocycles. The average molecular weight is 247 g/mol. The zero-order chi connectivity index (χ0) is 13.0. The number of ether oxygens (including phenoxy) is 1. The van der Waals surface area contributed by atoms with Crippen molar-refractivity contribution in [3.63, 3.8) is 0 Å². The van der Waals surface area contributed by atoms with Gasteiger partial charge in [-0.2, -0.15) is 0 Å². The van der Waals surface area contributed by atoms with Crippen molar-refractivity contribution in [2.75, 3.05) is 13.7 Å². The van der Waals surface area contributed by atoms with Crippen LogP contribution in [0.1, 0.15) is 26.1 Å². The van der Waals surface area contributed by atoms with E-state index in [-0.39, 0.29) is 5.60 Å². The van der Waals surface area contributed by atoms with Crippen LogP contribution < -0.4 is 5.32 Å². The van der Waals surface area contributed by atoms with E-state index >= 15 is 0 Å². The SMILES string of the molecule is COC(C)(C)CCNCc1nc2ccccc2[nH]1. The molecule has 0 saturated heterocycles. The molecular weight excluding hydrogens is 226 g/mol. The normalized spacial score (nSPS) is 12.2. The smallest absolute Gasteiger partial charge is 0.121 e. The van der Waals surface area contributed by atoms with E-state index in [1.54, 1.807) is 7.11 Å². The number of H-pyrrole nitrogens is 1. The lowest BCUT2D eigenvalue weighted by Crippen LogP contribution is -2.28. The first-order valence-corrected chi connectivity index (χ1v) is 6.30. The number of benzene rings is 1. The van der Waals surface area contributed by atoms with Crippen LogP contribution in [0.3, 0.4) is 0 Å². The van der Waals surface area contributed by atoms with Crippen molar-refractivity contribution in [2.45, 2.75) is 32.4 Å². The standard InChI is InChI=1S/C14H21N3O/c1-14(2,18-3)8-9-15-10-13-16-11-6-4-5-7-12(11)17-13/h4-7,15H,8-10H2,1-3H3,(H,16,17). The van der Waals surface area contributed by atoms with Crippen molar-refractivity contribution in [1.82, 2.24) is 15.3 Å². The van der Waals surface area contributed by atoms with E-state index in [1.165, 1.54) is 0 Å². The molecule has 2 N–H and O–H groups in total. The van der Waals surface area contributed by atoms with Gasteiger partial charge in [0.05, 0.1) is 23.2 Å². The quantitative estimate of drug-likeness (QED) is 0.771. The monoisotopic (exact) mass is 247 g/mol. The van der Waals surface area contributed by atoms with Crippen LogP contribution in [0.5, 0.6) is 0 Å². The molecule has 0 atom stereocenters. The van der Waals surface area contributed by atoms with Gasteiger partial charge < -0.3 is 15.0 Å². The molecule has 0 radical (unpaired) electrons. The van der Waals surface area contributed by atoms with Gasteiger partial charge in [0.25, 0.3) is 0 Å². The molecule has 4 heteroatoms. The summed E-state index contributed by atoms with van der Waals surface area (Å²) in [5, 5.41) is 3.38. The maximum absolute atomic E-state index is 5.37. The van der Waals surface area contributed by atoms with Gasteiger partial charge in [-0.1, -0.05) is 12.1 Å². The van der Waals surface area contributed by atoms with Crippen LogP contribution in [0.2, 0.25) is 0 Å². The Hall–Kier alpha value is -1.39. The minimum Gasteiger partial charge on any atom is -0.379 e. The van der Waals surface area contributed by atoms with Crippen molar-refractivity contribution < 1.29 is 4.74 Å². The van der Waals surface area contributed by atoms with Crippen LogP contribution in [-0.4, -0.2) is 29.2 Å². The average Bonchev–Trinajstić information content (AvgIpc) is 2.77. The molecule has 0 bridgehead atoms. The minimum absolute atomic E-state index is 0.0686. The number of rotatable bonds is 6. The molecule has 0 unspecified atom stereocenters. The molecule has 0 amide bonds. The highest BCUT2D eigenvalue weighted by Crippen LogP contribution is 2.12. The van der Waals surface area contributed by atoms with E-state index in [0.29, 0.717) is 0 Å². The summed E-state index contributed by atoms with van der Waals surface area (Å²) >= 11 is 0. The summed E-state index contributed by atoms with van der Waals surface area (Å²) in [4.78, 5) is 7.82. The first kappa shape index (κ1) is 13.1. The summed E-state index contributed by atoms with van der Waals surface area (Å²) in [5.74, 6) is 0.978. The van der Waals surface area contributed by atoms with Gasteiger partial charge in [-0.3, -0.25) is 0 Å². The van der Waals surface area contributed by atoms with Crippen LogP contribution in [-0.2, 0) is 11.3 Å². The van der Waals surface area contributed by atoms with Crippen LogP contribution in [0.25, 0.3) is 11.0 Å². The van der Waals surface area contributed by atoms with Gasteiger partial charge in [-0.15, -0.1) is 0 Å². The number of hydrogen-bond donors (Lipinski definition) is 2. The zero-order valence-electron chi connectivity index (χ0n) is 11.3. The predicted molar refractivity (Wildman–Crippen MR) is 73.5 cm³/mol. The fraction of sp³-hybridized carbons (Fsp3) is 0.500. The van der Waals surface area contributed by atoms with Crippen molar-refractivity contribution in [3.8, 4) is 0 Å². The topological polar surface area (TPSA) is 49.9 Å². The third-order valence-corrected chi connectivity index (χ3v) is 3.19. The molecule has 0 aliphatic rings. The highest BCUT2D eigenvalue weighted by atomic mass is 16.5. The Labute approximate surface area is 108 Å². The molecule has 0 saturated carbocycles. The molecule has 0 fully saturated rings. The summed E-state index contributed by atoms with van der Waals surface area (Å²) in [6.45, 7) is 5.86. The van der Waals surface area contributed by atoms with Crippen molar-refractivity contribution in [2.24, 2.45) is 0 Å². The van der Waals surface area contributed by atoms with Gasteiger partial charge in [0.1, 0.15) is 5.82 Å². The molecule has 0 aliphatic carbocycles. The van der Waals surface area contributed by atoms with E-state index < -0.39 is 0 Å². The Morgan fingerprint density at radius 2 is 2.11 bits per heavy atom. The molecule has 0 spiro atoms. The Kier molecular flexibility index (Phi) is 3.99. The van der Waals surface area contributed by atoms with Crippen LogP contribution in [0, 0.1) is 0 Å². The zero-order valence-corrected chi connectivity index (χ0v) is 11.3. The maximum atomic E-state index is 5.37. The first-order chi connectivity index (χ1) is 8.61. The molecule has 4 nitrogen and oxygen atoms in total. The number of aromatic amines is 1. The van der Waals surface area contributed by atoms with Crippen LogP contribution in [0.4, 0.5) is 0 Å². The third-order valence-electron chi connectivity index (χ3n) is 3.19. The van der Waals surface area contributed by atoms with Crippen molar-refractivity contribution >= 4 is 11.0 Å². The van der Waals surface area contributed by atoms with Gasteiger partial charge in [0.2, 0.25) is 0 Å². The van der Waals surface area contributed by atoms with E-state index in [9.17, 15) is 0 Å². The summed E-state index contributed by atoms with van der Waals surface area (Å²) in [5.41, 5.74) is 2.04. The summed E-state index contributed by atoms with van der Waals surface area (Å²) in [6, 6.07) is 8.07. The Bertz CT molecular complexity index is 471. The highest BCUT2D eigenvalue weighted by molar-refractivity contribution is 5.74. The minimum atomic E-state index is -0.0686. The fourth-order valence-electron chi connectivity index (χ4n) is 1.79. The van der Waals surface area contributed by atoms with Gasteiger partial charge in [-0.05, 0) is 38.9 Å². The van der Waals surface area contributed by atoms with E-state index in [0.717, 1.165) is 36.4 Å². The predicted octanol–water partition coefficient (Wildman–Crippen LogP) is 2.47. The molecular formula is C14H21N3O. The van der Waals surface area contributed by atoms with Crippen LogP contribution >= 0.6 is 0 Å². The van der Waals surface area contributed by atoms with E-state index in [2.05, 4.69) is 29.1 Å². The number of nitrogens with zero attached hydrogens (tertiary/aromatic N) is 1. The number of para-hydroxylation sites is 2. The first-order valence-electron chi connectivity index (χ1n) is 6.30. The second-order valence-electron chi connectivity index (χ2n) is 5.09. The van der Waals surface area contributed by atoms with Crippen LogP contribution in [0.15, 0.2) is 24.3 Å². The number of fused-ring (bicyclic) bond motifs is 1. The lowest BCUT2D eigenvalue weighted by molar-refractivity contribution is 0.0158. The summed E-state index contributed by atoms with van der Waals surface area (Å²) in [7, 11) is 1.75. The molecule has 1 aromatic carbocycles. The van der Waals surface area contributed by atoms with Gasteiger partial charge in [0.15, 0.2) is 0 Å². The second-order valence-corrected chi connectivity index (χ2v) is 5.09. The van der Waals surface area contributed by atoms with Crippen molar-refractivity contribution in [3.05, 3.63) is 30.1 Å². The van der Waals surface area contributed by atoms with Gasteiger partial charge in [0, 0.05) is 7.11 Å². The number of aromatic nitrogens is 2. The lowest BCUT2D eigenvalue weighted by atomic mass is 10.1. The van der Waals surface area contributed by atoms with Gasteiger partial charge in [-0.25, -0.2) is 4.98 Å². The molecule has 1 aromatic heterocycles. The molecule has 98 valence electrons. The number of nitrogens with one attached hydrogen (secondary N) is 2. The van der Waals surface area contributed by atoms with E-state index in [4.69, 9.17) is 4.74 Å². The van der Waals surface area contributed by atoms with E-state index in [1.807, 2.05) is 24.3 Å².